The maximum atomic E-state index is 13.5. The fourth-order valence-electron chi connectivity index (χ4n) is 3.08. The Kier molecular flexibility index (Phi) is 5.36. The number of hydrogen-bond donors (Lipinski definition) is 1. The third kappa shape index (κ3) is 4.03. The molecule has 0 bridgehead atoms. The summed E-state index contributed by atoms with van der Waals surface area (Å²) in [6, 6.07) is 19.4. The van der Waals surface area contributed by atoms with E-state index in [2.05, 4.69) is 5.32 Å². The summed E-state index contributed by atoms with van der Waals surface area (Å²) in [7, 11) is -0.863. The van der Waals surface area contributed by atoms with Gasteiger partial charge in [0, 0.05) is 29.8 Å². The van der Waals surface area contributed by atoms with E-state index >= 15 is 0 Å². The first kappa shape index (κ1) is 19.2. The predicted octanol–water partition coefficient (Wildman–Crippen LogP) is 5.60. The van der Waals surface area contributed by atoms with E-state index in [-0.39, 0.29) is 11.6 Å². The molecule has 146 valence electrons. The van der Waals surface area contributed by atoms with Crippen LogP contribution in [-0.2, 0) is 10.9 Å². The van der Waals surface area contributed by atoms with E-state index in [1.165, 1.54) is 24.3 Å². The Balaban J connectivity index is 1.89. The van der Waals surface area contributed by atoms with Gasteiger partial charge in [-0.1, -0.05) is 0 Å². The van der Waals surface area contributed by atoms with Gasteiger partial charge in [-0.2, -0.15) is 0 Å². The highest BCUT2D eigenvalue weighted by atomic mass is 32.2. The average molecular weight is 410 g/mol. The lowest BCUT2D eigenvalue weighted by Gasteiger charge is -2.08. The Hall–Kier alpha value is -3.12. The minimum atomic E-state index is -0.863. The third-order valence-electron chi connectivity index (χ3n) is 4.40. The molecule has 0 radical (unpaired) electrons. The summed E-state index contributed by atoms with van der Waals surface area (Å²) in [5.74, 6) is -0.726. The lowest BCUT2D eigenvalue weighted by molar-refractivity contribution is 0.543. The lowest BCUT2D eigenvalue weighted by Crippen LogP contribution is -2.15. The van der Waals surface area contributed by atoms with Crippen molar-refractivity contribution in [2.45, 2.75) is 21.6 Å². The second-order valence-corrected chi connectivity index (χ2v) is 8.39. The van der Waals surface area contributed by atoms with E-state index < -0.39 is 16.5 Å². The zero-order valence-electron chi connectivity index (χ0n) is 15.6. The molecule has 1 N–H and O–H groups in total. The van der Waals surface area contributed by atoms with Gasteiger partial charge in [-0.3, -0.25) is 0 Å². The van der Waals surface area contributed by atoms with Crippen molar-refractivity contribution in [2.24, 2.45) is 0 Å². The molecule has 4 aromatic rings. The molecule has 6 heteroatoms. The molecule has 3 nitrogen and oxygen atoms in total. The van der Waals surface area contributed by atoms with Gasteiger partial charge < -0.3 is 9.73 Å². The van der Waals surface area contributed by atoms with Gasteiger partial charge in [-0.05, 0) is 67.6 Å². The molecule has 1 heterocycles. The highest BCUT2D eigenvalue weighted by Crippen LogP contribution is 2.31. The highest BCUT2D eigenvalue weighted by molar-refractivity contribution is 7.97. The zero-order chi connectivity index (χ0) is 20.4. The van der Waals surface area contributed by atoms with Crippen molar-refractivity contribution in [1.29, 1.82) is 0 Å². The number of fused-ring (bicyclic) bond motifs is 1. The molecule has 29 heavy (non-hydrogen) atoms. The van der Waals surface area contributed by atoms with Crippen molar-refractivity contribution in [3.05, 3.63) is 94.9 Å². The molecule has 0 aliphatic carbocycles. The SMILES string of the molecule is CCNc1ccc2cc([S+](c3ccc(F)cc3)c3ccc(F)cc3)c(=O)oc2c1. The van der Waals surface area contributed by atoms with Crippen molar-refractivity contribution < 1.29 is 13.2 Å². The molecule has 0 saturated carbocycles. The van der Waals surface area contributed by atoms with Gasteiger partial charge in [0.2, 0.25) is 0 Å². The summed E-state index contributed by atoms with van der Waals surface area (Å²) >= 11 is 0. The van der Waals surface area contributed by atoms with E-state index in [4.69, 9.17) is 4.42 Å². The van der Waals surface area contributed by atoms with Crippen LogP contribution in [0, 0.1) is 11.6 Å². The van der Waals surface area contributed by atoms with Crippen LogP contribution in [0.25, 0.3) is 11.0 Å². The summed E-state index contributed by atoms with van der Waals surface area (Å²) in [4.78, 5) is 14.8. The lowest BCUT2D eigenvalue weighted by atomic mass is 10.2. The standard InChI is InChI=1S/C23H17F2NO2S/c1-2-26-18-8-3-15-13-22(23(27)28-21(15)14-18)29(19-9-4-16(24)5-10-19)20-11-6-17(25)7-12-20/h3-14H,2H2,1H3/p+1. The van der Waals surface area contributed by atoms with Gasteiger partial charge in [0.15, 0.2) is 9.79 Å². The van der Waals surface area contributed by atoms with Gasteiger partial charge in [0.05, 0.1) is 0 Å². The number of halogens is 2. The van der Waals surface area contributed by atoms with Crippen LogP contribution in [0.2, 0.25) is 0 Å². The first-order chi connectivity index (χ1) is 14.0. The number of rotatable bonds is 5. The Morgan fingerprint density at radius 1 is 0.862 bits per heavy atom. The molecular weight excluding hydrogens is 392 g/mol. The smallest absolute Gasteiger partial charge is 0.393 e. The Morgan fingerprint density at radius 3 is 2.00 bits per heavy atom. The number of hydrogen-bond acceptors (Lipinski definition) is 3. The largest absolute Gasteiger partial charge is 0.419 e. The van der Waals surface area contributed by atoms with Crippen LogP contribution in [0.3, 0.4) is 0 Å². The molecule has 1 aromatic heterocycles. The highest BCUT2D eigenvalue weighted by Gasteiger charge is 2.33. The Bertz CT molecular complexity index is 1160. The van der Waals surface area contributed by atoms with Gasteiger partial charge >= 0.3 is 5.63 Å². The molecule has 0 aliphatic heterocycles. The zero-order valence-corrected chi connectivity index (χ0v) is 16.4. The molecule has 4 rings (SSSR count). The number of benzene rings is 3. The third-order valence-corrected chi connectivity index (χ3v) is 6.61. The van der Waals surface area contributed by atoms with E-state index in [1.807, 2.05) is 19.1 Å². The van der Waals surface area contributed by atoms with E-state index in [0.717, 1.165) is 27.4 Å². The molecule has 3 aromatic carbocycles. The van der Waals surface area contributed by atoms with E-state index in [1.54, 1.807) is 36.4 Å². The van der Waals surface area contributed by atoms with Crippen LogP contribution < -0.4 is 10.9 Å². The van der Waals surface area contributed by atoms with Gasteiger partial charge in [-0.15, -0.1) is 0 Å². The first-order valence-electron chi connectivity index (χ1n) is 9.12. The molecule has 0 amide bonds. The second-order valence-electron chi connectivity index (χ2n) is 6.40. The van der Waals surface area contributed by atoms with Crippen LogP contribution >= 0.6 is 0 Å². The predicted molar refractivity (Wildman–Crippen MR) is 112 cm³/mol. The normalized spacial score (nSPS) is 11.2. The van der Waals surface area contributed by atoms with Gasteiger partial charge in [-0.25, -0.2) is 13.6 Å². The summed E-state index contributed by atoms with van der Waals surface area (Å²) in [6.07, 6.45) is 0. The molecule has 0 atom stereocenters. The Morgan fingerprint density at radius 2 is 1.45 bits per heavy atom. The van der Waals surface area contributed by atoms with Crippen LogP contribution in [0.5, 0.6) is 0 Å². The Labute approximate surface area is 169 Å². The molecular formula is C23H18F2NO2S+. The van der Waals surface area contributed by atoms with Crippen LogP contribution in [0.1, 0.15) is 6.92 Å². The molecule has 0 spiro atoms. The van der Waals surface area contributed by atoms with Crippen LogP contribution in [0.15, 0.2) is 96.7 Å². The van der Waals surface area contributed by atoms with E-state index in [9.17, 15) is 13.6 Å². The fraction of sp³-hybridized carbons (Fsp3) is 0.0870. The summed E-state index contributed by atoms with van der Waals surface area (Å²) in [5, 5.41) is 3.97. The molecule has 0 saturated heterocycles. The van der Waals surface area contributed by atoms with Crippen molar-refractivity contribution in [3.63, 3.8) is 0 Å². The summed E-state index contributed by atoms with van der Waals surface area (Å²) < 4.78 is 32.5. The quantitative estimate of drug-likeness (QED) is 0.344. The average Bonchev–Trinajstić information content (AvgIpc) is 2.71. The van der Waals surface area contributed by atoms with E-state index in [0.29, 0.717) is 10.5 Å². The van der Waals surface area contributed by atoms with Crippen molar-refractivity contribution in [3.8, 4) is 0 Å². The monoisotopic (exact) mass is 410 g/mol. The molecule has 0 fully saturated rings. The van der Waals surface area contributed by atoms with Crippen LogP contribution in [0.4, 0.5) is 14.5 Å². The minimum Gasteiger partial charge on any atom is -0.419 e. The van der Waals surface area contributed by atoms with Crippen molar-refractivity contribution in [2.75, 3.05) is 11.9 Å². The maximum Gasteiger partial charge on any atom is 0.393 e. The van der Waals surface area contributed by atoms with Crippen molar-refractivity contribution in [1.82, 2.24) is 0 Å². The van der Waals surface area contributed by atoms with Gasteiger partial charge in [0.25, 0.3) is 4.90 Å². The minimum absolute atomic E-state index is 0.363. The molecule has 0 aliphatic rings. The number of nitrogens with one attached hydrogen (secondary N) is 1. The fourth-order valence-corrected chi connectivity index (χ4v) is 5.13. The molecule has 0 unspecified atom stereocenters. The van der Waals surface area contributed by atoms with Crippen LogP contribution in [-0.4, -0.2) is 6.54 Å². The first-order valence-corrected chi connectivity index (χ1v) is 10.3. The second kappa shape index (κ2) is 8.09. The topological polar surface area (TPSA) is 42.2 Å². The number of anilines is 1. The van der Waals surface area contributed by atoms with Gasteiger partial charge in [0.1, 0.15) is 28.1 Å². The summed E-state index contributed by atoms with van der Waals surface area (Å²) in [6.45, 7) is 2.74. The summed E-state index contributed by atoms with van der Waals surface area (Å²) in [5.41, 5.74) is 0.883. The maximum absolute atomic E-state index is 13.5. The van der Waals surface area contributed by atoms with Crippen molar-refractivity contribution >= 4 is 27.6 Å².